The van der Waals surface area contributed by atoms with E-state index in [-0.39, 0.29) is 17.0 Å². The molecular formula is C23H26N6O. The van der Waals surface area contributed by atoms with Gasteiger partial charge in [-0.15, -0.1) is 0 Å². The second-order valence-corrected chi connectivity index (χ2v) is 8.92. The number of aromatic nitrogens is 2. The van der Waals surface area contributed by atoms with Gasteiger partial charge in [-0.05, 0) is 43.5 Å². The Bertz CT molecular complexity index is 1170. The number of nitrogens with one attached hydrogen (secondary N) is 1. The second kappa shape index (κ2) is 6.85. The molecule has 3 aromatic rings. The Morgan fingerprint density at radius 1 is 1.27 bits per heavy atom. The summed E-state index contributed by atoms with van der Waals surface area (Å²) in [6.07, 6.45) is 5.20. The summed E-state index contributed by atoms with van der Waals surface area (Å²) < 4.78 is 1.74. The molecule has 2 atom stereocenters. The van der Waals surface area contributed by atoms with Gasteiger partial charge in [-0.1, -0.05) is 26.0 Å². The predicted octanol–water partition coefficient (Wildman–Crippen LogP) is 3.29. The average molecular weight is 403 g/mol. The van der Waals surface area contributed by atoms with Crippen LogP contribution < -0.4 is 16.8 Å². The third kappa shape index (κ3) is 3.10. The number of nitriles is 1. The maximum absolute atomic E-state index is 12.2. The molecule has 1 saturated carbocycles. The Balaban J connectivity index is 1.81. The Hall–Kier alpha value is -3.37. The Morgan fingerprint density at radius 2 is 1.97 bits per heavy atom. The fourth-order valence-corrected chi connectivity index (χ4v) is 4.24. The molecule has 4 rings (SSSR count). The largest absolute Gasteiger partial charge is 0.379 e. The number of nitrogens with two attached hydrogens (primary N) is 2. The van der Waals surface area contributed by atoms with Crippen molar-refractivity contribution >= 4 is 17.1 Å². The topological polar surface area (TPSA) is 122 Å². The quantitative estimate of drug-likeness (QED) is 0.618. The van der Waals surface area contributed by atoms with E-state index in [9.17, 15) is 4.79 Å². The summed E-state index contributed by atoms with van der Waals surface area (Å²) in [7, 11) is 0. The van der Waals surface area contributed by atoms with E-state index in [1.807, 2.05) is 24.4 Å². The lowest BCUT2D eigenvalue weighted by atomic mass is 9.75. The Morgan fingerprint density at radius 3 is 2.53 bits per heavy atom. The normalized spacial score (nSPS) is 22.7. The summed E-state index contributed by atoms with van der Waals surface area (Å²) in [6.45, 7) is 6.38. The highest BCUT2D eigenvalue weighted by atomic mass is 16.1. The van der Waals surface area contributed by atoms with Gasteiger partial charge in [0.25, 0.3) is 5.91 Å². The summed E-state index contributed by atoms with van der Waals surface area (Å²) >= 11 is 0. The molecule has 30 heavy (non-hydrogen) atoms. The Labute approximate surface area is 175 Å². The highest BCUT2D eigenvalue weighted by Gasteiger charge is 2.49. The number of hydrogen-bond donors (Lipinski definition) is 3. The zero-order chi connectivity index (χ0) is 21.7. The molecule has 2 heterocycles. The first-order chi connectivity index (χ1) is 14.1. The molecule has 0 spiro atoms. The van der Waals surface area contributed by atoms with Crippen LogP contribution in [0.5, 0.6) is 0 Å². The van der Waals surface area contributed by atoms with Gasteiger partial charge in [0, 0.05) is 28.8 Å². The van der Waals surface area contributed by atoms with Crippen LogP contribution in [-0.4, -0.2) is 27.1 Å². The van der Waals surface area contributed by atoms with Gasteiger partial charge in [-0.2, -0.15) is 10.4 Å². The van der Waals surface area contributed by atoms with Crippen molar-refractivity contribution in [1.82, 2.24) is 9.61 Å². The maximum atomic E-state index is 12.2. The number of hydrogen-bond acceptors (Lipinski definition) is 5. The van der Waals surface area contributed by atoms with E-state index >= 15 is 0 Å². The van der Waals surface area contributed by atoms with Crippen molar-refractivity contribution in [2.75, 3.05) is 5.32 Å². The van der Waals surface area contributed by atoms with E-state index < -0.39 is 5.91 Å². The zero-order valence-electron chi connectivity index (χ0n) is 17.4. The summed E-state index contributed by atoms with van der Waals surface area (Å²) in [4.78, 5) is 12.2. The molecule has 154 valence electrons. The SMILES string of the molecule is CC1(C)[C@H](Nc2c(C(N)=O)cnn3cc(-c4ccc(C#N)cc4)cc23)CC[C@]1(C)N. The van der Waals surface area contributed by atoms with Crippen molar-refractivity contribution in [3.63, 3.8) is 0 Å². The summed E-state index contributed by atoms with van der Waals surface area (Å²) in [5, 5.41) is 17.0. The van der Waals surface area contributed by atoms with Crippen molar-refractivity contribution in [2.45, 2.75) is 45.2 Å². The Kier molecular flexibility index (Phi) is 4.55. The molecule has 0 bridgehead atoms. The van der Waals surface area contributed by atoms with Gasteiger partial charge >= 0.3 is 0 Å². The summed E-state index contributed by atoms with van der Waals surface area (Å²) in [6, 6.07) is 11.5. The van der Waals surface area contributed by atoms with Crippen LogP contribution in [0, 0.1) is 16.7 Å². The molecule has 1 fully saturated rings. The molecule has 7 nitrogen and oxygen atoms in total. The highest BCUT2D eigenvalue weighted by Crippen LogP contribution is 2.46. The summed E-state index contributed by atoms with van der Waals surface area (Å²) in [5.41, 5.74) is 16.0. The molecule has 2 aromatic heterocycles. The van der Waals surface area contributed by atoms with Crippen molar-refractivity contribution in [2.24, 2.45) is 16.9 Å². The van der Waals surface area contributed by atoms with Crippen LogP contribution in [-0.2, 0) is 0 Å². The van der Waals surface area contributed by atoms with E-state index in [0.717, 1.165) is 29.5 Å². The third-order valence-corrected chi connectivity index (χ3v) is 6.86. The van der Waals surface area contributed by atoms with E-state index in [0.29, 0.717) is 16.8 Å². The minimum atomic E-state index is -0.528. The predicted molar refractivity (Wildman–Crippen MR) is 117 cm³/mol. The lowest BCUT2D eigenvalue weighted by Gasteiger charge is -2.39. The molecule has 0 aliphatic heterocycles. The van der Waals surface area contributed by atoms with E-state index in [4.69, 9.17) is 16.7 Å². The second-order valence-electron chi connectivity index (χ2n) is 8.92. The monoisotopic (exact) mass is 402 g/mol. The third-order valence-electron chi connectivity index (χ3n) is 6.86. The first kappa shape index (κ1) is 19.9. The van der Waals surface area contributed by atoms with Crippen molar-refractivity contribution in [1.29, 1.82) is 5.26 Å². The number of fused-ring (bicyclic) bond motifs is 1. The van der Waals surface area contributed by atoms with Gasteiger partial charge in [-0.3, -0.25) is 4.79 Å². The standard InChI is InChI=1S/C23H26N6O/c1-22(2)19(8-9-23(22,3)26)28-20-17(21(25)30)12-27-29-13-16(10-18(20)29)15-6-4-14(11-24)5-7-15/h4-7,10,12-13,19,28H,8-9,26H2,1-3H3,(H2,25,30)/t19-,23+/m1/s1. The smallest absolute Gasteiger partial charge is 0.252 e. The van der Waals surface area contributed by atoms with Gasteiger partial charge < -0.3 is 16.8 Å². The number of nitrogens with zero attached hydrogens (tertiary/aromatic N) is 3. The van der Waals surface area contributed by atoms with Crippen molar-refractivity contribution in [3.8, 4) is 17.2 Å². The number of carbonyl (C=O) groups excluding carboxylic acids is 1. The molecule has 7 heteroatoms. The minimum Gasteiger partial charge on any atom is -0.379 e. The van der Waals surface area contributed by atoms with E-state index in [1.54, 1.807) is 16.6 Å². The molecule has 1 aliphatic rings. The number of benzene rings is 1. The number of amides is 1. The maximum Gasteiger partial charge on any atom is 0.252 e. The average Bonchev–Trinajstić information content (AvgIpc) is 3.22. The molecule has 0 unspecified atom stereocenters. The first-order valence-electron chi connectivity index (χ1n) is 10.0. The zero-order valence-corrected chi connectivity index (χ0v) is 17.4. The molecule has 1 aliphatic carbocycles. The highest BCUT2D eigenvalue weighted by molar-refractivity contribution is 6.02. The van der Waals surface area contributed by atoms with Gasteiger partial charge in [0.2, 0.25) is 0 Å². The van der Waals surface area contributed by atoms with Gasteiger partial charge in [0.15, 0.2) is 0 Å². The molecular weight excluding hydrogens is 376 g/mol. The first-order valence-corrected chi connectivity index (χ1v) is 10.0. The molecule has 0 saturated heterocycles. The summed E-state index contributed by atoms with van der Waals surface area (Å²) in [5.74, 6) is -0.528. The van der Waals surface area contributed by atoms with Gasteiger partial charge in [0.1, 0.15) is 0 Å². The van der Waals surface area contributed by atoms with Crippen molar-refractivity contribution < 1.29 is 4.79 Å². The van der Waals surface area contributed by atoms with Crippen LogP contribution in [0.1, 0.15) is 49.5 Å². The van der Waals surface area contributed by atoms with Gasteiger partial charge in [-0.25, -0.2) is 4.52 Å². The number of anilines is 1. The van der Waals surface area contributed by atoms with Crippen LogP contribution in [0.15, 0.2) is 42.7 Å². The molecule has 1 aromatic carbocycles. The number of rotatable bonds is 4. The van der Waals surface area contributed by atoms with Crippen LogP contribution in [0.3, 0.4) is 0 Å². The van der Waals surface area contributed by atoms with Crippen LogP contribution in [0.4, 0.5) is 5.69 Å². The van der Waals surface area contributed by atoms with Gasteiger partial charge in [0.05, 0.1) is 34.6 Å². The molecule has 0 radical (unpaired) electrons. The fourth-order valence-electron chi connectivity index (χ4n) is 4.24. The fraction of sp³-hybridized carbons (Fsp3) is 0.348. The van der Waals surface area contributed by atoms with Crippen molar-refractivity contribution in [3.05, 3.63) is 53.9 Å². The van der Waals surface area contributed by atoms with E-state index in [2.05, 4.69) is 37.3 Å². The minimum absolute atomic E-state index is 0.0880. The number of primary amides is 1. The van der Waals surface area contributed by atoms with Crippen LogP contribution in [0.2, 0.25) is 0 Å². The van der Waals surface area contributed by atoms with Crippen LogP contribution in [0.25, 0.3) is 16.6 Å². The molecule has 1 amide bonds. The number of carbonyl (C=O) groups is 1. The lowest BCUT2D eigenvalue weighted by molar-refractivity contribution is 0.100. The lowest BCUT2D eigenvalue weighted by Crippen LogP contribution is -2.51. The molecule has 5 N–H and O–H groups in total. The van der Waals surface area contributed by atoms with Crippen LogP contribution >= 0.6 is 0 Å². The van der Waals surface area contributed by atoms with E-state index in [1.165, 1.54) is 6.20 Å².